The molecule has 0 aromatic heterocycles. The molecule has 0 aliphatic heterocycles. The van der Waals surface area contributed by atoms with Gasteiger partial charge in [0.1, 0.15) is 5.75 Å². The smallest absolute Gasteiger partial charge is 0.460 e. The van der Waals surface area contributed by atoms with Gasteiger partial charge in [0.05, 0.1) is 0 Å². The van der Waals surface area contributed by atoms with Crippen molar-refractivity contribution in [1.82, 2.24) is 0 Å². The van der Waals surface area contributed by atoms with Crippen LogP contribution in [0.4, 0.5) is 30.7 Å². The lowest BCUT2D eigenvalue weighted by Crippen LogP contribution is -2.54. The van der Waals surface area contributed by atoms with Crippen LogP contribution >= 0.6 is 11.6 Å². The lowest BCUT2D eigenvalue weighted by atomic mass is 10.0. The molecular formula is C17H10ClF7O2. The number of ether oxygens (including phenoxy) is 1. The molecule has 0 saturated heterocycles. The van der Waals surface area contributed by atoms with Gasteiger partial charge in [0, 0.05) is 5.56 Å². The van der Waals surface area contributed by atoms with Gasteiger partial charge in [-0.15, -0.1) is 0 Å². The minimum atomic E-state index is -6.40. The first-order valence-corrected chi connectivity index (χ1v) is 7.58. The van der Waals surface area contributed by atoms with E-state index in [0.29, 0.717) is 11.1 Å². The van der Waals surface area contributed by atoms with Crippen molar-refractivity contribution in [1.29, 1.82) is 0 Å². The third-order valence-electron chi connectivity index (χ3n) is 3.54. The molecule has 2 aromatic carbocycles. The fourth-order valence-electron chi connectivity index (χ4n) is 2.01. The molecule has 146 valence electrons. The maximum Gasteiger partial charge on any atom is 0.460 e. The van der Waals surface area contributed by atoms with Crippen molar-refractivity contribution in [3.05, 3.63) is 54.1 Å². The highest BCUT2D eigenvalue weighted by Gasteiger charge is 2.73. The molecule has 10 heteroatoms. The molecule has 0 radical (unpaired) electrons. The maximum atomic E-state index is 13.2. The van der Waals surface area contributed by atoms with E-state index in [0.717, 1.165) is 12.1 Å². The van der Waals surface area contributed by atoms with E-state index in [1.807, 2.05) is 0 Å². The van der Waals surface area contributed by atoms with Crippen LogP contribution in [0, 0.1) is 0 Å². The van der Waals surface area contributed by atoms with Crippen LogP contribution in [-0.2, 0) is 0 Å². The summed E-state index contributed by atoms with van der Waals surface area (Å²) >= 11 is 5.31. The van der Waals surface area contributed by atoms with Crippen molar-refractivity contribution >= 4 is 16.8 Å². The average molecular weight is 415 g/mol. The molecule has 0 aliphatic rings. The van der Waals surface area contributed by atoms with E-state index >= 15 is 0 Å². The summed E-state index contributed by atoms with van der Waals surface area (Å²) in [6, 6.07) is 11.1. The normalized spacial score (nSPS) is 12.7. The van der Waals surface area contributed by atoms with Gasteiger partial charge in [0.2, 0.25) is 0 Å². The number of halogens is 8. The molecule has 0 aliphatic carbocycles. The van der Waals surface area contributed by atoms with Crippen LogP contribution < -0.4 is 4.74 Å². The molecule has 2 aromatic rings. The Balaban J connectivity index is 2.09. The van der Waals surface area contributed by atoms with Crippen molar-refractivity contribution in [2.24, 2.45) is 0 Å². The Kier molecular flexibility index (Phi) is 5.74. The molecule has 0 atom stereocenters. The largest absolute Gasteiger partial charge is 0.487 e. The summed E-state index contributed by atoms with van der Waals surface area (Å²) in [4.78, 5) is 11.0. The van der Waals surface area contributed by atoms with E-state index in [9.17, 15) is 35.5 Å². The molecule has 0 spiro atoms. The predicted octanol–water partition coefficient (Wildman–Crippen LogP) is 5.94. The zero-order valence-corrected chi connectivity index (χ0v) is 13.9. The first-order chi connectivity index (χ1) is 12.3. The number of benzene rings is 2. The zero-order chi connectivity index (χ0) is 20.5. The van der Waals surface area contributed by atoms with Crippen molar-refractivity contribution in [3.63, 3.8) is 0 Å². The Bertz CT molecular complexity index is 800. The molecule has 0 amide bonds. The van der Waals surface area contributed by atoms with Gasteiger partial charge >= 0.3 is 18.0 Å². The highest BCUT2D eigenvalue weighted by molar-refractivity contribution is 6.67. The van der Waals surface area contributed by atoms with Gasteiger partial charge in [-0.1, -0.05) is 24.3 Å². The van der Waals surface area contributed by atoms with Crippen molar-refractivity contribution < 1.29 is 40.3 Å². The van der Waals surface area contributed by atoms with Crippen molar-refractivity contribution in [3.8, 4) is 16.9 Å². The van der Waals surface area contributed by atoms with E-state index in [2.05, 4.69) is 4.74 Å². The van der Waals surface area contributed by atoms with Crippen LogP contribution in [0.25, 0.3) is 11.1 Å². The minimum Gasteiger partial charge on any atom is -0.487 e. The fraction of sp³-hybridized carbons (Fsp3) is 0.235. The Hall–Kier alpha value is -2.29. The Morgan fingerprint density at radius 2 is 1.26 bits per heavy atom. The molecule has 2 nitrogen and oxygen atoms in total. The van der Waals surface area contributed by atoms with Crippen molar-refractivity contribution in [2.75, 3.05) is 6.61 Å². The fourth-order valence-corrected chi connectivity index (χ4v) is 2.14. The van der Waals surface area contributed by atoms with Crippen LogP contribution in [-0.4, -0.2) is 29.9 Å². The molecule has 0 N–H and O–H groups in total. The molecule has 0 heterocycles. The van der Waals surface area contributed by atoms with Crippen LogP contribution in [0.1, 0.15) is 10.4 Å². The number of hydrogen-bond donors (Lipinski definition) is 0. The average Bonchev–Trinajstić information content (AvgIpc) is 2.59. The Morgan fingerprint density at radius 1 is 0.815 bits per heavy atom. The first-order valence-electron chi connectivity index (χ1n) is 7.21. The second kappa shape index (κ2) is 7.38. The molecule has 0 fully saturated rings. The van der Waals surface area contributed by atoms with Crippen LogP contribution in [0.15, 0.2) is 48.5 Å². The molecule has 0 unspecified atom stereocenters. The minimum absolute atomic E-state index is 0.258. The highest BCUT2D eigenvalue weighted by atomic mass is 35.5. The van der Waals surface area contributed by atoms with Crippen LogP contribution in [0.2, 0.25) is 0 Å². The SMILES string of the molecule is O=C(Cl)c1ccc(-c2ccc(OCC(F)(F)C(F)(F)C(F)(F)F)cc2)cc1. The van der Waals surface area contributed by atoms with Gasteiger partial charge in [-0.25, -0.2) is 0 Å². The summed E-state index contributed by atoms with van der Waals surface area (Å²) in [5.74, 6) is -12.0. The van der Waals surface area contributed by atoms with Gasteiger partial charge in [-0.05, 0) is 47.0 Å². The summed E-state index contributed by atoms with van der Waals surface area (Å²) in [5.41, 5.74) is 1.44. The first kappa shape index (κ1) is 21.0. The van der Waals surface area contributed by atoms with Crippen molar-refractivity contribution in [2.45, 2.75) is 18.0 Å². The van der Waals surface area contributed by atoms with E-state index in [1.165, 1.54) is 24.3 Å². The van der Waals surface area contributed by atoms with E-state index < -0.39 is 29.9 Å². The molecule has 2 rings (SSSR count). The second-order valence-electron chi connectivity index (χ2n) is 5.44. The predicted molar refractivity (Wildman–Crippen MR) is 83.5 cm³/mol. The van der Waals surface area contributed by atoms with E-state index in [4.69, 9.17) is 11.6 Å². The zero-order valence-electron chi connectivity index (χ0n) is 13.2. The van der Waals surface area contributed by atoms with Gasteiger partial charge < -0.3 is 4.74 Å². The summed E-state index contributed by atoms with van der Waals surface area (Å²) < 4.78 is 92.6. The summed E-state index contributed by atoms with van der Waals surface area (Å²) in [5, 5.41) is -0.651. The summed E-state index contributed by atoms with van der Waals surface area (Å²) in [7, 11) is 0. The number of carbonyl (C=O) groups excluding carboxylic acids is 1. The number of alkyl halides is 7. The Labute approximate surface area is 153 Å². The molecule has 0 saturated carbocycles. The quantitative estimate of drug-likeness (QED) is 0.431. The molecular weight excluding hydrogens is 405 g/mol. The lowest BCUT2D eigenvalue weighted by molar-refractivity contribution is -0.358. The van der Waals surface area contributed by atoms with Gasteiger partial charge in [0.15, 0.2) is 6.61 Å². The van der Waals surface area contributed by atoms with Gasteiger partial charge in [-0.3, -0.25) is 4.79 Å². The third-order valence-corrected chi connectivity index (χ3v) is 3.75. The van der Waals surface area contributed by atoms with E-state index in [1.54, 1.807) is 12.1 Å². The molecule has 0 bridgehead atoms. The Morgan fingerprint density at radius 3 is 1.67 bits per heavy atom. The number of hydrogen-bond acceptors (Lipinski definition) is 2. The highest BCUT2D eigenvalue weighted by Crippen LogP contribution is 2.46. The lowest BCUT2D eigenvalue weighted by Gasteiger charge is -2.27. The van der Waals surface area contributed by atoms with Gasteiger partial charge in [-0.2, -0.15) is 30.7 Å². The third kappa shape index (κ3) is 4.52. The second-order valence-corrected chi connectivity index (χ2v) is 5.78. The van der Waals surface area contributed by atoms with Gasteiger partial charge in [0.25, 0.3) is 5.24 Å². The van der Waals surface area contributed by atoms with Crippen LogP contribution in [0.5, 0.6) is 5.75 Å². The summed E-state index contributed by atoms with van der Waals surface area (Å²) in [6.07, 6.45) is -6.40. The number of carbonyl (C=O) groups is 1. The van der Waals surface area contributed by atoms with E-state index in [-0.39, 0.29) is 11.3 Å². The number of rotatable bonds is 6. The standard InChI is InChI=1S/C17H10ClF7O2/c18-14(26)12-3-1-10(2-4-12)11-5-7-13(8-6-11)27-9-15(19,20)16(21,22)17(23,24)25/h1-8H,9H2. The van der Waals surface area contributed by atoms with Crippen LogP contribution in [0.3, 0.4) is 0 Å². The topological polar surface area (TPSA) is 26.3 Å². The summed E-state index contributed by atoms with van der Waals surface area (Å²) in [6.45, 7) is -2.15. The maximum absolute atomic E-state index is 13.2. The molecule has 27 heavy (non-hydrogen) atoms. The monoisotopic (exact) mass is 414 g/mol.